The van der Waals surface area contributed by atoms with E-state index in [0.29, 0.717) is 34.9 Å². The molecule has 1 aliphatic heterocycles. The molecule has 1 aromatic carbocycles. The number of rotatable bonds is 4. The molecule has 2 rings (SSSR count). The van der Waals surface area contributed by atoms with Gasteiger partial charge in [0.2, 0.25) is 0 Å². The van der Waals surface area contributed by atoms with Crippen LogP contribution in [0.2, 0.25) is 0 Å². The molecule has 0 bridgehead atoms. The number of esters is 1. The first-order chi connectivity index (χ1) is 9.71. The van der Waals surface area contributed by atoms with Gasteiger partial charge in [0.25, 0.3) is 0 Å². The van der Waals surface area contributed by atoms with E-state index in [1.165, 1.54) is 7.11 Å². The monoisotopic (exact) mass is 296 g/mol. The van der Waals surface area contributed by atoms with Crippen molar-refractivity contribution in [1.29, 1.82) is 0 Å². The summed E-state index contributed by atoms with van der Waals surface area (Å²) in [4.78, 5) is 12.1. The predicted molar refractivity (Wildman–Crippen MR) is 76.8 cm³/mol. The van der Waals surface area contributed by atoms with E-state index in [4.69, 9.17) is 25.8 Å². The number of carbonyl (C=O) groups excluding carboxylic acids is 1. The molecule has 0 spiro atoms. The lowest BCUT2D eigenvalue weighted by Gasteiger charge is -2.14. The summed E-state index contributed by atoms with van der Waals surface area (Å²) in [7, 11) is 2.92. The van der Waals surface area contributed by atoms with Crippen LogP contribution in [0, 0.1) is 0 Å². The first kappa shape index (κ1) is 14.7. The molecule has 0 radical (unpaired) electrons. The molecular weight excluding hydrogens is 280 g/mol. The molecule has 1 aliphatic rings. The molecule has 1 fully saturated rings. The lowest BCUT2D eigenvalue weighted by molar-refractivity contribution is -0.133. The molecule has 20 heavy (non-hydrogen) atoms. The second kappa shape index (κ2) is 6.66. The average molecular weight is 297 g/mol. The van der Waals surface area contributed by atoms with Crippen LogP contribution < -0.4 is 4.74 Å². The van der Waals surface area contributed by atoms with Crippen LogP contribution >= 0.6 is 11.6 Å². The van der Waals surface area contributed by atoms with E-state index in [2.05, 4.69) is 0 Å². The molecule has 108 valence electrons. The first-order valence-corrected chi connectivity index (χ1v) is 6.92. The van der Waals surface area contributed by atoms with Gasteiger partial charge in [-0.05, 0) is 12.5 Å². The summed E-state index contributed by atoms with van der Waals surface area (Å²) in [5, 5.41) is 0. The van der Waals surface area contributed by atoms with Crippen LogP contribution in [0.25, 0.3) is 5.57 Å². The maximum atomic E-state index is 12.1. The Labute approximate surface area is 123 Å². The fraction of sp³-hybridized carbons (Fsp3) is 0.400. The summed E-state index contributed by atoms with van der Waals surface area (Å²) in [6, 6.07) is 7.30. The van der Waals surface area contributed by atoms with Crippen LogP contribution in [0.1, 0.15) is 18.4 Å². The van der Waals surface area contributed by atoms with Crippen molar-refractivity contribution in [2.24, 2.45) is 0 Å². The summed E-state index contributed by atoms with van der Waals surface area (Å²) >= 11 is 5.81. The average Bonchev–Trinajstić information content (AvgIpc) is 2.96. The third-order valence-corrected chi connectivity index (χ3v) is 3.56. The molecule has 5 heteroatoms. The largest absolute Gasteiger partial charge is 0.496 e. The van der Waals surface area contributed by atoms with E-state index in [-0.39, 0.29) is 6.10 Å². The maximum Gasteiger partial charge on any atom is 0.342 e. The van der Waals surface area contributed by atoms with Gasteiger partial charge in [-0.3, -0.25) is 0 Å². The quantitative estimate of drug-likeness (QED) is 0.487. The Morgan fingerprint density at radius 2 is 2.15 bits per heavy atom. The van der Waals surface area contributed by atoms with E-state index in [1.54, 1.807) is 13.2 Å². The van der Waals surface area contributed by atoms with E-state index < -0.39 is 5.97 Å². The lowest BCUT2D eigenvalue weighted by Crippen LogP contribution is -2.10. The van der Waals surface area contributed by atoms with E-state index >= 15 is 0 Å². The highest BCUT2D eigenvalue weighted by molar-refractivity contribution is 6.19. The van der Waals surface area contributed by atoms with Crippen molar-refractivity contribution in [3.8, 4) is 5.75 Å². The van der Waals surface area contributed by atoms with Crippen LogP contribution in [0.4, 0.5) is 0 Å². The lowest BCUT2D eigenvalue weighted by atomic mass is 10.0. The predicted octanol–water partition coefficient (Wildman–Crippen LogP) is 3.00. The topological polar surface area (TPSA) is 44.8 Å². The Morgan fingerprint density at radius 1 is 1.40 bits per heavy atom. The number of ether oxygens (including phenoxy) is 3. The molecule has 4 nitrogen and oxygen atoms in total. The zero-order valence-electron chi connectivity index (χ0n) is 11.5. The van der Waals surface area contributed by atoms with Crippen molar-refractivity contribution < 1.29 is 19.0 Å². The minimum atomic E-state index is -0.431. The second-order valence-corrected chi connectivity index (χ2v) is 4.73. The summed E-state index contributed by atoms with van der Waals surface area (Å²) < 4.78 is 15.9. The molecular formula is C15H17ClO4. The van der Waals surface area contributed by atoms with E-state index in [9.17, 15) is 4.79 Å². The van der Waals surface area contributed by atoms with Crippen molar-refractivity contribution in [2.45, 2.75) is 18.9 Å². The number of allylic oxidation sites excluding steroid dienone is 1. The van der Waals surface area contributed by atoms with Gasteiger partial charge in [-0.2, -0.15) is 0 Å². The fourth-order valence-corrected chi connectivity index (χ4v) is 2.45. The standard InChI is InChI=1S/C15H17ClO4/c1-18-12-6-4-3-5-11(12)14(15(17)19-2)13-8-7-10(9-16)20-13/h3-6,10H,7-9H2,1-2H3/b14-13+. The normalized spacial score (nSPS) is 20.2. The Hall–Kier alpha value is -1.68. The Bertz CT molecular complexity index is 524. The molecule has 1 saturated heterocycles. The van der Waals surface area contributed by atoms with Crippen molar-refractivity contribution in [3.05, 3.63) is 35.6 Å². The number of hydrogen-bond acceptors (Lipinski definition) is 4. The highest BCUT2D eigenvalue weighted by Crippen LogP contribution is 2.35. The van der Waals surface area contributed by atoms with Gasteiger partial charge < -0.3 is 14.2 Å². The third kappa shape index (κ3) is 2.90. The molecule has 1 atom stereocenters. The van der Waals surface area contributed by atoms with Gasteiger partial charge in [-0.25, -0.2) is 4.79 Å². The number of carbonyl (C=O) groups is 1. The summed E-state index contributed by atoms with van der Waals surface area (Å²) in [6.07, 6.45) is 1.41. The fourth-order valence-electron chi connectivity index (χ4n) is 2.23. The van der Waals surface area contributed by atoms with Crippen molar-refractivity contribution in [3.63, 3.8) is 0 Å². The van der Waals surface area contributed by atoms with Gasteiger partial charge in [0.15, 0.2) is 0 Å². The summed E-state index contributed by atoms with van der Waals surface area (Å²) in [5.41, 5.74) is 1.09. The van der Waals surface area contributed by atoms with Gasteiger partial charge in [-0.15, -0.1) is 11.6 Å². The summed E-state index contributed by atoms with van der Waals surface area (Å²) in [5.74, 6) is 1.20. The number of para-hydroxylation sites is 1. The molecule has 0 N–H and O–H groups in total. The Morgan fingerprint density at radius 3 is 2.75 bits per heavy atom. The Balaban J connectivity index is 2.49. The van der Waals surface area contributed by atoms with Crippen LogP contribution in [0.3, 0.4) is 0 Å². The second-order valence-electron chi connectivity index (χ2n) is 4.42. The molecule has 0 amide bonds. The highest BCUT2D eigenvalue weighted by atomic mass is 35.5. The smallest absolute Gasteiger partial charge is 0.342 e. The minimum Gasteiger partial charge on any atom is -0.496 e. The number of methoxy groups -OCH3 is 2. The number of hydrogen-bond donors (Lipinski definition) is 0. The van der Waals surface area contributed by atoms with Crippen molar-refractivity contribution in [1.82, 2.24) is 0 Å². The molecule has 1 unspecified atom stereocenters. The van der Waals surface area contributed by atoms with Gasteiger partial charge in [0.05, 0.1) is 20.1 Å². The minimum absolute atomic E-state index is 0.0546. The van der Waals surface area contributed by atoms with Crippen LogP contribution in [-0.4, -0.2) is 32.2 Å². The number of halogens is 1. The molecule has 0 aliphatic carbocycles. The Kier molecular flexibility index (Phi) is 4.90. The maximum absolute atomic E-state index is 12.1. The van der Waals surface area contributed by atoms with E-state index in [1.807, 2.05) is 18.2 Å². The van der Waals surface area contributed by atoms with Crippen molar-refractivity contribution in [2.75, 3.05) is 20.1 Å². The van der Waals surface area contributed by atoms with Gasteiger partial charge in [-0.1, -0.05) is 18.2 Å². The van der Waals surface area contributed by atoms with Crippen LogP contribution in [0.15, 0.2) is 30.0 Å². The highest BCUT2D eigenvalue weighted by Gasteiger charge is 2.28. The first-order valence-electron chi connectivity index (χ1n) is 6.38. The zero-order valence-corrected chi connectivity index (χ0v) is 12.3. The number of alkyl halides is 1. The van der Waals surface area contributed by atoms with Gasteiger partial charge in [0.1, 0.15) is 23.2 Å². The van der Waals surface area contributed by atoms with Gasteiger partial charge in [0, 0.05) is 12.0 Å². The van der Waals surface area contributed by atoms with Gasteiger partial charge >= 0.3 is 5.97 Å². The van der Waals surface area contributed by atoms with E-state index in [0.717, 1.165) is 6.42 Å². The summed E-state index contributed by atoms with van der Waals surface area (Å²) in [6.45, 7) is 0. The van der Waals surface area contributed by atoms with Crippen LogP contribution in [-0.2, 0) is 14.3 Å². The SMILES string of the molecule is COC(=O)/C(=C1\CCC(CCl)O1)c1ccccc1OC. The molecule has 0 saturated carbocycles. The van der Waals surface area contributed by atoms with Crippen molar-refractivity contribution >= 4 is 23.1 Å². The molecule has 1 heterocycles. The zero-order chi connectivity index (χ0) is 14.5. The molecule has 0 aromatic heterocycles. The van der Waals surface area contributed by atoms with Crippen LogP contribution in [0.5, 0.6) is 5.75 Å². The number of benzene rings is 1. The third-order valence-electron chi connectivity index (χ3n) is 3.22. The molecule has 1 aromatic rings.